The van der Waals surface area contributed by atoms with Crippen molar-refractivity contribution in [3.63, 3.8) is 0 Å². The number of carbonyl (C=O) groups is 3. The first kappa shape index (κ1) is 22.9. The smallest absolute Gasteiger partial charge is 0.407 e. The Hall–Kier alpha value is -3.75. The van der Waals surface area contributed by atoms with E-state index in [0.29, 0.717) is 0 Å². The van der Waals surface area contributed by atoms with Crippen LogP contribution in [0.2, 0.25) is 0 Å². The average molecular weight is 444 g/mol. The number of fused-ring (bicyclic) bond motifs is 3. The summed E-state index contributed by atoms with van der Waals surface area (Å²) in [5, 5.41) is 12.6. The highest BCUT2D eigenvalue weighted by Gasteiger charge is 2.39. The van der Waals surface area contributed by atoms with Crippen molar-refractivity contribution in [2.45, 2.75) is 24.3 Å². The number of carboxylic acids is 1. The minimum absolute atomic E-state index is 0.0133. The molecule has 7 nitrogen and oxygen atoms in total. The van der Waals surface area contributed by atoms with Gasteiger partial charge in [-0.05, 0) is 28.7 Å². The molecule has 9 heteroatoms. The maximum atomic E-state index is 13.2. The quantitative estimate of drug-likeness (QED) is 0.515. The molecule has 2 aromatic rings. The summed E-state index contributed by atoms with van der Waals surface area (Å²) >= 11 is 0. The molecule has 0 saturated carbocycles. The first-order valence-corrected chi connectivity index (χ1v) is 9.86. The molecule has 2 amide bonds. The molecule has 3 rings (SSSR count). The minimum Gasteiger partial charge on any atom is -0.477 e. The number of benzene rings is 2. The van der Waals surface area contributed by atoms with Gasteiger partial charge in [0.2, 0.25) is 5.91 Å². The van der Waals surface area contributed by atoms with Gasteiger partial charge in [-0.25, -0.2) is 9.59 Å². The van der Waals surface area contributed by atoms with Gasteiger partial charge in [-0.1, -0.05) is 54.6 Å². The summed E-state index contributed by atoms with van der Waals surface area (Å²) in [6, 6.07) is 14.3. The van der Waals surface area contributed by atoms with Crippen LogP contribution in [0.1, 0.15) is 23.5 Å². The van der Waals surface area contributed by atoms with Crippen LogP contribution in [-0.4, -0.2) is 48.2 Å². The Morgan fingerprint density at radius 3 is 2.19 bits per heavy atom. The fraction of sp³-hybridized carbons (Fsp3) is 0.261. The molecule has 1 atom stereocenters. The lowest BCUT2D eigenvalue weighted by atomic mass is 9.98. The van der Waals surface area contributed by atoms with Gasteiger partial charge in [-0.15, -0.1) is 6.58 Å². The van der Waals surface area contributed by atoms with Crippen molar-refractivity contribution in [1.29, 1.82) is 0 Å². The van der Waals surface area contributed by atoms with Crippen LogP contribution >= 0.6 is 0 Å². The van der Waals surface area contributed by atoms with Gasteiger partial charge in [-0.3, -0.25) is 4.79 Å². The lowest BCUT2D eigenvalue weighted by Crippen LogP contribution is -2.50. The molecule has 0 fully saturated rings. The molecule has 0 aliphatic heterocycles. The van der Waals surface area contributed by atoms with E-state index in [0.717, 1.165) is 22.3 Å². The Kier molecular flexibility index (Phi) is 6.87. The van der Waals surface area contributed by atoms with Crippen LogP contribution < -0.4 is 10.6 Å². The van der Waals surface area contributed by atoms with Crippen LogP contribution in [0.4, 0.5) is 13.6 Å². The van der Waals surface area contributed by atoms with Gasteiger partial charge in [0, 0.05) is 5.92 Å². The van der Waals surface area contributed by atoms with Crippen molar-refractivity contribution >= 4 is 18.0 Å². The minimum atomic E-state index is -4.13. The maximum Gasteiger partial charge on any atom is 0.407 e. The van der Waals surface area contributed by atoms with E-state index in [1.54, 1.807) is 0 Å². The molecule has 1 aliphatic rings. The molecule has 0 aromatic heterocycles. The number of rotatable bonds is 9. The van der Waals surface area contributed by atoms with Gasteiger partial charge in [0.15, 0.2) is 0 Å². The van der Waals surface area contributed by atoms with Crippen molar-refractivity contribution in [2.75, 3.05) is 13.2 Å². The summed E-state index contributed by atoms with van der Waals surface area (Å²) in [7, 11) is 0. The fourth-order valence-corrected chi connectivity index (χ4v) is 3.58. The summed E-state index contributed by atoms with van der Waals surface area (Å²) in [5.74, 6) is -7.64. The second-order valence-corrected chi connectivity index (χ2v) is 7.27. The highest BCUT2D eigenvalue weighted by molar-refractivity contribution is 5.86. The molecule has 3 N–H and O–H groups in total. The fourth-order valence-electron chi connectivity index (χ4n) is 3.58. The second-order valence-electron chi connectivity index (χ2n) is 7.27. The van der Waals surface area contributed by atoms with Crippen molar-refractivity contribution in [1.82, 2.24) is 10.6 Å². The number of hydrogen-bond acceptors (Lipinski definition) is 4. The van der Waals surface area contributed by atoms with Gasteiger partial charge < -0.3 is 20.5 Å². The molecule has 168 valence electrons. The predicted octanol–water partition coefficient (Wildman–Crippen LogP) is 3.31. The number of halogens is 2. The Morgan fingerprint density at radius 2 is 1.66 bits per heavy atom. The highest BCUT2D eigenvalue weighted by Crippen LogP contribution is 2.44. The number of carboxylic acid groups (broad SMARTS) is 1. The van der Waals surface area contributed by atoms with E-state index in [1.165, 1.54) is 6.08 Å². The van der Waals surface area contributed by atoms with Gasteiger partial charge >= 0.3 is 18.0 Å². The largest absolute Gasteiger partial charge is 0.477 e. The zero-order valence-corrected chi connectivity index (χ0v) is 17.0. The van der Waals surface area contributed by atoms with Crippen LogP contribution in [0.3, 0.4) is 0 Å². The standard InChI is InChI=1S/C23H22F2N2O5/c1-2-7-19(20(28)26-13-23(24,25)21(29)30)27-22(31)32-12-18-16-10-5-3-8-14(16)15-9-4-6-11-17(15)18/h2-6,8-11,18-19H,1,7,12-13H2,(H,26,28)(H,27,31)(H,29,30). The average Bonchev–Trinajstić information content (AvgIpc) is 3.09. The predicted molar refractivity (Wildman–Crippen MR) is 112 cm³/mol. The van der Waals surface area contributed by atoms with Gasteiger partial charge in [0.25, 0.3) is 0 Å². The van der Waals surface area contributed by atoms with Crippen LogP contribution in [0.5, 0.6) is 0 Å². The van der Waals surface area contributed by atoms with Crippen LogP contribution in [0.25, 0.3) is 11.1 Å². The molecule has 1 unspecified atom stereocenters. The zero-order valence-electron chi connectivity index (χ0n) is 17.0. The molecule has 0 heterocycles. The molecule has 2 aromatic carbocycles. The highest BCUT2D eigenvalue weighted by atomic mass is 19.3. The first-order valence-electron chi connectivity index (χ1n) is 9.86. The third kappa shape index (κ3) is 4.93. The summed E-state index contributed by atoms with van der Waals surface area (Å²) in [6.45, 7) is 2.08. The van der Waals surface area contributed by atoms with Crippen LogP contribution in [0.15, 0.2) is 61.2 Å². The molecule has 0 saturated heterocycles. The lowest BCUT2D eigenvalue weighted by molar-refractivity contribution is -0.164. The van der Waals surface area contributed by atoms with Crippen LogP contribution in [-0.2, 0) is 14.3 Å². The molecule has 0 bridgehead atoms. The molecule has 32 heavy (non-hydrogen) atoms. The normalized spacial score (nSPS) is 13.4. The lowest BCUT2D eigenvalue weighted by Gasteiger charge is -2.20. The van der Waals surface area contributed by atoms with Crippen molar-refractivity contribution < 1.29 is 33.0 Å². The monoisotopic (exact) mass is 444 g/mol. The Morgan fingerprint density at radius 1 is 1.09 bits per heavy atom. The number of ether oxygens (including phenoxy) is 1. The summed E-state index contributed by atoms with van der Waals surface area (Å²) in [5.41, 5.74) is 4.14. The Labute approximate surface area is 183 Å². The maximum absolute atomic E-state index is 13.2. The van der Waals surface area contributed by atoms with E-state index in [-0.39, 0.29) is 18.9 Å². The SMILES string of the molecule is C=CCC(NC(=O)OCC1c2ccccc2-c2ccccc21)C(=O)NCC(F)(F)C(=O)O. The number of hydrogen-bond donors (Lipinski definition) is 3. The zero-order chi connectivity index (χ0) is 23.3. The Bertz CT molecular complexity index is 995. The number of aliphatic carboxylic acids is 1. The van der Waals surface area contributed by atoms with E-state index < -0.39 is 36.5 Å². The third-order valence-electron chi connectivity index (χ3n) is 5.15. The van der Waals surface area contributed by atoms with E-state index >= 15 is 0 Å². The topological polar surface area (TPSA) is 105 Å². The van der Waals surface area contributed by atoms with E-state index in [2.05, 4.69) is 11.9 Å². The molecular formula is C23H22F2N2O5. The first-order chi connectivity index (χ1) is 15.2. The molecule has 0 spiro atoms. The number of carbonyl (C=O) groups excluding carboxylic acids is 2. The second kappa shape index (κ2) is 9.59. The third-order valence-corrected chi connectivity index (χ3v) is 5.15. The molecule has 1 aliphatic carbocycles. The summed E-state index contributed by atoms with van der Waals surface area (Å²) in [4.78, 5) is 35.0. The molecular weight excluding hydrogens is 422 g/mol. The van der Waals surface area contributed by atoms with Gasteiger partial charge in [-0.2, -0.15) is 8.78 Å². The summed E-state index contributed by atoms with van der Waals surface area (Å²) in [6.07, 6.45) is 0.358. The van der Waals surface area contributed by atoms with Crippen molar-refractivity contribution in [3.8, 4) is 11.1 Å². The van der Waals surface area contributed by atoms with E-state index in [9.17, 15) is 23.2 Å². The van der Waals surface area contributed by atoms with Crippen LogP contribution in [0, 0.1) is 0 Å². The molecule has 0 radical (unpaired) electrons. The number of alkyl carbamates (subject to hydrolysis) is 1. The number of alkyl halides is 2. The number of nitrogens with one attached hydrogen (secondary N) is 2. The van der Waals surface area contributed by atoms with Gasteiger partial charge in [0.05, 0.1) is 6.54 Å². The summed E-state index contributed by atoms with van der Waals surface area (Å²) < 4.78 is 31.8. The number of amides is 2. The Balaban J connectivity index is 1.62. The van der Waals surface area contributed by atoms with E-state index in [1.807, 2.05) is 53.8 Å². The van der Waals surface area contributed by atoms with Crippen molar-refractivity contribution in [2.24, 2.45) is 0 Å². The van der Waals surface area contributed by atoms with Crippen molar-refractivity contribution in [3.05, 3.63) is 72.3 Å². The van der Waals surface area contributed by atoms with Gasteiger partial charge in [0.1, 0.15) is 12.6 Å². The van der Waals surface area contributed by atoms with E-state index in [4.69, 9.17) is 9.84 Å².